The number of hydrogen-bond donors (Lipinski definition) is 2. The summed E-state index contributed by atoms with van der Waals surface area (Å²) in [5.41, 5.74) is 7.08. The van der Waals surface area contributed by atoms with Crippen molar-refractivity contribution >= 4 is 45.3 Å². The number of fused-ring (bicyclic) bond motifs is 2. The molecule has 4 rings (SSSR count). The van der Waals surface area contributed by atoms with Gasteiger partial charge in [0.05, 0.1) is 23.7 Å². The van der Waals surface area contributed by atoms with Crippen LogP contribution < -0.4 is 20.5 Å². The summed E-state index contributed by atoms with van der Waals surface area (Å²) in [6, 6.07) is 12.0. The van der Waals surface area contributed by atoms with Crippen molar-refractivity contribution in [2.45, 2.75) is 6.42 Å². The Morgan fingerprint density at radius 2 is 2.00 bits per heavy atom. The fourth-order valence-corrected chi connectivity index (χ4v) is 3.57. The molecule has 32 heavy (non-hydrogen) atoms. The third kappa shape index (κ3) is 4.17. The summed E-state index contributed by atoms with van der Waals surface area (Å²) in [7, 11) is 1.47. The second-order valence-corrected chi connectivity index (χ2v) is 7.40. The average Bonchev–Trinajstić information content (AvgIpc) is 3.21. The van der Waals surface area contributed by atoms with Crippen molar-refractivity contribution in [1.82, 2.24) is 14.9 Å². The van der Waals surface area contributed by atoms with Crippen molar-refractivity contribution in [3.63, 3.8) is 0 Å². The number of primary amides is 1. The second-order valence-electron chi connectivity index (χ2n) is 7.03. The van der Waals surface area contributed by atoms with Crippen molar-refractivity contribution in [2.24, 2.45) is 5.73 Å². The Morgan fingerprint density at radius 1 is 1.16 bits per heavy atom. The van der Waals surface area contributed by atoms with Gasteiger partial charge in [0.1, 0.15) is 17.2 Å². The van der Waals surface area contributed by atoms with Crippen LogP contribution in [0.4, 0.5) is 4.79 Å². The standard InChI is InChI=1S/C23H21ClN4O4/c1-31-21-13-18-16(12-17(21)22(25)29)20(5-9-26-18)32-15-3-4-19-14(11-15)6-10-28(19)23(30)27-8-2-7-24/h3-6,9-13H,2,7-8H2,1H3,(H2,25,29)(H,27,30). The molecule has 2 amide bonds. The summed E-state index contributed by atoms with van der Waals surface area (Å²) in [6.45, 7) is 0.510. The highest BCUT2D eigenvalue weighted by Crippen LogP contribution is 2.34. The summed E-state index contributed by atoms with van der Waals surface area (Å²) < 4.78 is 12.9. The van der Waals surface area contributed by atoms with E-state index in [-0.39, 0.29) is 11.6 Å². The number of alkyl halides is 1. The Balaban J connectivity index is 1.65. The van der Waals surface area contributed by atoms with Gasteiger partial charge < -0.3 is 20.5 Å². The molecule has 3 N–H and O–H groups in total. The summed E-state index contributed by atoms with van der Waals surface area (Å²) in [5, 5.41) is 4.29. The topological polar surface area (TPSA) is 108 Å². The van der Waals surface area contributed by atoms with Crippen LogP contribution in [0, 0.1) is 0 Å². The van der Waals surface area contributed by atoms with Crippen LogP contribution in [0.2, 0.25) is 0 Å². The Kier molecular flexibility index (Phi) is 6.13. The van der Waals surface area contributed by atoms with Crippen LogP contribution in [-0.4, -0.2) is 41.0 Å². The molecule has 0 fully saturated rings. The number of nitrogens with two attached hydrogens (primary N) is 1. The molecule has 0 saturated carbocycles. The second kappa shape index (κ2) is 9.15. The molecular weight excluding hydrogens is 432 g/mol. The predicted octanol–water partition coefficient (Wildman–Crippen LogP) is 4.28. The molecule has 0 spiro atoms. The number of aromatic nitrogens is 2. The lowest BCUT2D eigenvalue weighted by molar-refractivity contribution is 0.0997. The molecule has 8 nitrogen and oxygen atoms in total. The van der Waals surface area contributed by atoms with Gasteiger partial charge in [0.2, 0.25) is 0 Å². The van der Waals surface area contributed by atoms with Gasteiger partial charge in [0, 0.05) is 41.7 Å². The van der Waals surface area contributed by atoms with Crippen LogP contribution in [0.5, 0.6) is 17.2 Å². The number of ether oxygens (including phenoxy) is 2. The highest BCUT2D eigenvalue weighted by molar-refractivity contribution is 6.17. The molecule has 0 aliphatic carbocycles. The molecule has 9 heteroatoms. The number of rotatable bonds is 7. The minimum Gasteiger partial charge on any atom is -0.496 e. The van der Waals surface area contributed by atoms with Crippen LogP contribution in [0.25, 0.3) is 21.8 Å². The van der Waals surface area contributed by atoms with Gasteiger partial charge in [0.15, 0.2) is 0 Å². The van der Waals surface area contributed by atoms with Gasteiger partial charge >= 0.3 is 6.03 Å². The lowest BCUT2D eigenvalue weighted by Crippen LogP contribution is -2.28. The minimum absolute atomic E-state index is 0.216. The van der Waals surface area contributed by atoms with E-state index in [9.17, 15) is 9.59 Å². The number of halogens is 1. The summed E-state index contributed by atoms with van der Waals surface area (Å²) in [5.74, 6) is 1.32. The number of nitrogens with zero attached hydrogens (tertiary/aromatic N) is 2. The van der Waals surface area contributed by atoms with Crippen LogP contribution in [0.3, 0.4) is 0 Å². The number of carbonyl (C=O) groups is 2. The van der Waals surface area contributed by atoms with Crippen LogP contribution in [-0.2, 0) is 0 Å². The number of amides is 2. The Labute approximate surface area is 188 Å². The predicted molar refractivity (Wildman–Crippen MR) is 123 cm³/mol. The smallest absolute Gasteiger partial charge is 0.326 e. The minimum atomic E-state index is -0.606. The number of pyridine rings is 1. The molecule has 0 atom stereocenters. The zero-order valence-corrected chi connectivity index (χ0v) is 18.1. The maximum Gasteiger partial charge on any atom is 0.326 e. The maximum atomic E-state index is 12.4. The molecule has 4 aromatic rings. The number of benzene rings is 2. The van der Waals surface area contributed by atoms with Crippen molar-refractivity contribution in [3.05, 3.63) is 60.4 Å². The molecule has 0 radical (unpaired) electrons. The zero-order chi connectivity index (χ0) is 22.7. The Bertz CT molecular complexity index is 1320. The van der Waals surface area contributed by atoms with E-state index < -0.39 is 5.91 Å². The van der Waals surface area contributed by atoms with E-state index in [0.717, 1.165) is 10.9 Å². The zero-order valence-electron chi connectivity index (χ0n) is 17.3. The van der Waals surface area contributed by atoms with E-state index in [1.807, 2.05) is 18.2 Å². The number of methoxy groups -OCH3 is 1. The van der Waals surface area contributed by atoms with Crippen LogP contribution >= 0.6 is 11.6 Å². The van der Waals surface area contributed by atoms with Crippen LogP contribution in [0.15, 0.2) is 54.9 Å². The van der Waals surface area contributed by atoms with Crippen LogP contribution in [0.1, 0.15) is 16.8 Å². The first-order valence-corrected chi connectivity index (χ1v) is 10.4. The van der Waals surface area contributed by atoms with Crippen molar-refractivity contribution < 1.29 is 19.1 Å². The highest BCUT2D eigenvalue weighted by atomic mass is 35.5. The van der Waals surface area contributed by atoms with Gasteiger partial charge in [-0.1, -0.05) is 0 Å². The van der Waals surface area contributed by atoms with E-state index in [0.29, 0.717) is 47.0 Å². The van der Waals surface area contributed by atoms with Gasteiger partial charge in [-0.3, -0.25) is 14.3 Å². The summed E-state index contributed by atoms with van der Waals surface area (Å²) in [6.07, 6.45) is 4.02. The lowest BCUT2D eigenvalue weighted by Gasteiger charge is -2.12. The molecule has 2 heterocycles. The van der Waals surface area contributed by atoms with Gasteiger partial charge in [0.25, 0.3) is 5.91 Å². The largest absolute Gasteiger partial charge is 0.496 e. The molecule has 2 aromatic heterocycles. The number of hydrogen-bond acceptors (Lipinski definition) is 5. The maximum absolute atomic E-state index is 12.4. The quantitative estimate of drug-likeness (QED) is 0.321. The van der Waals surface area contributed by atoms with Gasteiger partial charge in [-0.2, -0.15) is 0 Å². The third-order valence-corrected chi connectivity index (χ3v) is 5.25. The molecule has 0 bridgehead atoms. The Morgan fingerprint density at radius 3 is 2.75 bits per heavy atom. The molecule has 0 saturated heterocycles. The molecule has 0 aliphatic heterocycles. The highest BCUT2D eigenvalue weighted by Gasteiger charge is 2.15. The molecular formula is C23H21ClN4O4. The Hall–Kier alpha value is -3.78. The fraction of sp³-hybridized carbons (Fsp3) is 0.174. The third-order valence-electron chi connectivity index (χ3n) is 4.98. The lowest BCUT2D eigenvalue weighted by atomic mass is 10.1. The first kappa shape index (κ1) is 21.5. The fourth-order valence-electron chi connectivity index (χ4n) is 3.43. The first-order valence-electron chi connectivity index (χ1n) is 9.91. The monoisotopic (exact) mass is 452 g/mol. The van der Waals surface area contributed by atoms with Gasteiger partial charge in [-0.15, -0.1) is 11.6 Å². The van der Waals surface area contributed by atoms with E-state index in [1.54, 1.807) is 41.2 Å². The van der Waals surface area contributed by atoms with E-state index in [4.69, 9.17) is 26.8 Å². The SMILES string of the molecule is COc1cc2nccc(Oc3ccc4c(ccn4C(=O)NCCCCl)c3)c2cc1C(N)=O. The van der Waals surface area contributed by atoms with E-state index in [1.165, 1.54) is 7.11 Å². The van der Waals surface area contributed by atoms with Crippen molar-refractivity contribution in [2.75, 3.05) is 19.5 Å². The number of carbonyl (C=O) groups excluding carboxylic acids is 2. The van der Waals surface area contributed by atoms with Gasteiger partial charge in [-0.25, -0.2) is 4.79 Å². The molecule has 0 aliphatic rings. The van der Waals surface area contributed by atoms with E-state index in [2.05, 4.69) is 10.3 Å². The summed E-state index contributed by atoms with van der Waals surface area (Å²) in [4.78, 5) is 28.5. The normalized spacial score (nSPS) is 10.9. The average molecular weight is 453 g/mol. The molecule has 164 valence electrons. The molecule has 0 unspecified atom stereocenters. The van der Waals surface area contributed by atoms with Crippen molar-refractivity contribution in [1.29, 1.82) is 0 Å². The first-order chi connectivity index (χ1) is 15.5. The van der Waals surface area contributed by atoms with E-state index >= 15 is 0 Å². The van der Waals surface area contributed by atoms with Gasteiger partial charge in [-0.05, 0) is 42.8 Å². The summed E-state index contributed by atoms with van der Waals surface area (Å²) >= 11 is 5.66. The number of nitrogens with one attached hydrogen (secondary N) is 1. The molecule has 2 aromatic carbocycles. The van der Waals surface area contributed by atoms with Crippen molar-refractivity contribution in [3.8, 4) is 17.2 Å².